The molecule has 0 unspecified atom stereocenters. The van der Waals surface area contributed by atoms with Crippen molar-refractivity contribution in [1.29, 1.82) is 0 Å². The van der Waals surface area contributed by atoms with Crippen LogP contribution in [0, 0.1) is 0 Å². The normalized spacial score (nSPS) is 16.7. The van der Waals surface area contributed by atoms with Crippen LogP contribution in [-0.4, -0.2) is 59.0 Å². The second kappa shape index (κ2) is 8.15. The number of carbonyl (C=O) groups excluding carboxylic acids is 1. The van der Waals surface area contributed by atoms with Crippen LogP contribution >= 0.6 is 0 Å². The average Bonchev–Trinajstić information content (AvgIpc) is 2.62. The van der Waals surface area contributed by atoms with Crippen LogP contribution in [0.5, 0.6) is 0 Å². The molecule has 1 heterocycles. The van der Waals surface area contributed by atoms with Crippen LogP contribution in [0.4, 0.5) is 0 Å². The minimum atomic E-state index is -0.812. The maximum absolute atomic E-state index is 12.2. The second-order valence-corrected chi connectivity index (χ2v) is 5.50. The van der Waals surface area contributed by atoms with Crippen LogP contribution in [0.15, 0.2) is 0 Å². The van der Waals surface area contributed by atoms with Crippen molar-refractivity contribution in [2.24, 2.45) is 0 Å². The number of likely N-dealkylation sites (tertiary alicyclic amines) is 1. The Hall–Kier alpha value is -1.10. The molecule has 1 N–H and O–H groups in total. The van der Waals surface area contributed by atoms with Crippen molar-refractivity contribution in [3.8, 4) is 0 Å². The summed E-state index contributed by atoms with van der Waals surface area (Å²) in [5.41, 5.74) is 0. The molecule has 5 heteroatoms. The number of carbonyl (C=O) groups is 2. The molecule has 1 saturated heterocycles. The molecule has 1 amide bonds. The van der Waals surface area contributed by atoms with E-state index in [0.29, 0.717) is 13.1 Å². The van der Waals surface area contributed by atoms with Crippen LogP contribution < -0.4 is 0 Å². The zero-order valence-electron chi connectivity index (χ0n) is 12.1. The first-order valence-corrected chi connectivity index (χ1v) is 7.24. The summed E-state index contributed by atoms with van der Waals surface area (Å²) in [6.07, 6.45) is 4.67. The van der Waals surface area contributed by atoms with Gasteiger partial charge in [0.2, 0.25) is 5.91 Å². The molecular weight excluding hydrogens is 244 g/mol. The number of hydrogen-bond donors (Lipinski definition) is 1. The fraction of sp³-hybridized carbons (Fsp3) is 0.857. The van der Waals surface area contributed by atoms with E-state index in [1.54, 1.807) is 0 Å². The molecule has 0 aliphatic carbocycles. The van der Waals surface area contributed by atoms with Gasteiger partial charge in [0.05, 0.1) is 13.0 Å². The number of hydrogen-bond acceptors (Lipinski definition) is 3. The third-order valence-electron chi connectivity index (χ3n) is 3.64. The Morgan fingerprint density at radius 1 is 1.16 bits per heavy atom. The number of amides is 1. The third-order valence-corrected chi connectivity index (χ3v) is 3.64. The molecular formula is C14H26N2O3. The number of carboxylic acid groups (broad SMARTS) is 1. The molecule has 110 valence electrons. The van der Waals surface area contributed by atoms with Crippen molar-refractivity contribution in [3.63, 3.8) is 0 Å². The monoisotopic (exact) mass is 270 g/mol. The molecule has 0 aromatic carbocycles. The predicted octanol–water partition coefficient (Wildman–Crippen LogP) is 1.57. The molecule has 1 aliphatic heterocycles. The topological polar surface area (TPSA) is 60.9 Å². The Kier molecular flexibility index (Phi) is 6.84. The van der Waals surface area contributed by atoms with Gasteiger partial charge in [-0.3, -0.25) is 14.5 Å². The fourth-order valence-corrected chi connectivity index (χ4v) is 2.35. The van der Waals surface area contributed by atoms with E-state index in [1.807, 2.05) is 23.6 Å². The van der Waals surface area contributed by atoms with Crippen LogP contribution in [-0.2, 0) is 9.59 Å². The molecule has 0 bridgehead atoms. The number of nitrogens with zero attached hydrogens (tertiary/aromatic N) is 2. The van der Waals surface area contributed by atoms with Gasteiger partial charge in [-0.15, -0.1) is 0 Å². The molecule has 0 aromatic heterocycles. The molecule has 0 saturated carbocycles. The summed E-state index contributed by atoms with van der Waals surface area (Å²) in [4.78, 5) is 26.8. The predicted molar refractivity (Wildman–Crippen MR) is 74.0 cm³/mol. The summed E-state index contributed by atoms with van der Waals surface area (Å²) >= 11 is 0. The van der Waals surface area contributed by atoms with Gasteiger partial charge in [0.1, 0.15) is 0 Å². The average molecular weight is 270 g/mol. The van der Waals surface area contributed by atoms with E-state index in [9.17, 15) is 9.59 Å². The van der Waals surface area contributed by atoms with Gasteiger partial charge in [-0.05, 0) is 26.7 Å². The van der Waals surface area contributed by atoms with Gasteiger partial charge in [0.15, 0.2) is 0 Å². The molecule has 0 aromatic rings. The van der Waals surface area contributed by atoms with E-state index in [2.05, 4.69) is 0 Å². The molecule has 0 atom stereocenters. The summed E-state index contributed by atoms with van der Waals surface area (Å²) in [6.45, 7) is 6.47. The van der Waals surface area contributed by atoms with Crippen LogP contribution in [0.25, 0.3) is 0 Å². The molecule has 5 nitrogen and oxygen atoms in total. The molecule has 0 radical (unpaired) electrons. The molecule has 1 rings (SSSR count). The first-order valence-electron chi connectivity index (χ1n) is 7.24. The standard InChI is InChI=1S/C14H26N2O3/c1-12(2)16(10-7-14(18)19)11-13(17)15-8-5-3-4-6-9-15/h12H,3-11H2,1-2H3,(H,18,19). The van der Waals surface area contributed by atoms with Crippen molar-refractivity contribution >= 4 is 11.9 Å². The van der Waals surface area contributed by atoms with Crippen molar-refractivity contribution in [2.45, 2.75) is 52.0 Å². The third kappa shape index (κ3) is 6.05. The van der Waals surface area contributed by atoms with Gasteiger partial charge < -0.3 is 10.0 Å². The number of rotatable bonds is 6. The minimum Gasteiger partial charge on any atom is -0.481 e. The highest BCUT2D eigenvalue weighted by molar-refractivity contribution is 5.78. The second-order valence-electron chi connectivity index (χ2n) is 5.50. The van der Waals surface area contributed by atoms with Gasteiger partial charge in [-0.2, -0.15) is 0 Å². The maximum atomic E-state index is 12.2. The van der Waals surface area contributed by atoms with E-state index >= 15 is 0 Å². The van der Waals surface area contributed by atoms with Crippen molar-refractivity contribution in [1.82, 2.24) is 9.80 Å². The van der Waals surface area contributed by atoms with Gasteiger partial charge in [-0.1, -0.05) is 12.8 Å². The highest BCUT2D eigenvalue weighted by atomic mass is 16.4. The molecule has 1 aliphatic rings. The number of aliphatic carboxylic acids is 1. The highest BCUT2D eigenvalue weighted by Gasteiger charge is 2.20. The lowest BCUT2D eigenvalue weighted by Gasteiger charge is -2.28. The maximum Gasteiger partial charge on any atom is 0.304 e. The van der Waals surface area contributed by atoms with E-state index in [4.69, 9.17) is 5.11 Å². The van der Waals surface area contributed by atoms with Gasteiger partial charge in [-0.25, -0.2) is 0 Å². The van der Waals surface area contributed by atoms with E-state index in [0.717, 1.165) is 25.9 Å². The molecule has 0 spiro atoms. The fourth-order valence-electron chi connectivity index (χ4n) is 2.35. The summed E-state index contributed by atoms with van der Waals surface area (Å²) < 4.78 is 0. The van der Waals surface area contributed by atoms with E-state index in [1.165, 1.54) is 12.8 Å². The smallest absolute Gasteiger partial charge is 0.304 e. The Balaban J connectivity index is 2.47. The Morgan fingerprint density at radius 3 is 2.21 bits per heavy atom. The van der Waals surface area contributed by atoms with Crippen LogP contribution in [0.1, 0.15) is 46.0 Å². The van der Waals surface area contributed by atoms with Gasteiger partial charge >= 0.3 is 5.97 Å². The largest absolute Gasteiger partial charge is 0.481 e. The summed E-state index contributed by atoms with van der Waals surface area (Å²) in [5.74, 6) is -0.672. The first kappa shape index (κ1) is 16.0. The lowest BCUT2D eigenvalue weighted by molar-refractivity contribution is -0.139. The minimum absolute atomic E-state index is 0.0888. The van der Waals surface area contributed by atoms with Crippen molar-refractivity contribution in [3.05, 3.63) is 0 Å². The first-order chi connectivity index (χ1) is 9.00. The van der Waals surface area contributed by atoms with Crippen molar-refractivity contribution in [2.75, 3.05) is 26.2 Å². The lowest BCUT2D eigenvalue weighted by Crippen LogP contribution is -2.44. The SMILES string of the molecule is CC(C)N(CCC(=O)O)CC(=O)N1CCCCCC1. The highest BCUT2D eigenvalue weighted by Crippen LogP contribution is 2.11. The van der Waals surface area contributed by atoms with E-state index < -0.39 is 5.97 Å². The van der Waals surface area contributed by atoms with E-state index in [-0.39, 0.29) is 18.4 Å². The number of carboxylic acids is 1. The zero-order chi connectivity index (χ0) is 14.3. The molecule has 1 fully saturated rings. The summed E-state index contributed by atoms with van der Waals surface area (Å²) in [7, 11) is 0. The quantitative estimate of drug-likeness (QED) is 0.796. The summed E-state index contributed by atoms with van der Waals surface area (Å²) in [6, 6.07) is 0.190. The Labute approximate surface area is 115 Å². The molecule has 19 heavy (non-hydrogen) atoms. The van der Waals surface area contributed by atoms with Gasteiger partial charge in [0, 0.05) is 25.7 Å². The lowest BCUT2D eigenvalue weighted by atomic mass is 10.2. The Bertz CT molecular complexity index is 297. The Morgan fingerprint density at radius 2 is 1.74 bits per heavy atom. The van der Waals surface area contributed by atoms with Crippen molar-refractivity contribution < 1.29 is 14.7 Å². The summed E-state index contributed by atoms with van der Waals surface area (Å²) in [5, 5.41) is 8.74. The van der Waals surface area contributed by atoms with Crippen LogP contribution in [0.2, 0.25) is 0 Å². The zero-order valence-corrected chi connectivity index (χ0v) is 12.1. The van der Waals surface area contributed by atoms with Gasteiger partial charge in [0.25, 0.3) is 0 Å². The van der Waals surface area contributed by atoms with Crippen LogP contribution in [0.3, 0.4) is 0 Å².